The van der Waals surface area contributed by atoms with Crippen molar-refractivity contribution in [2.45, 2.75) is 43.7 Å². The predicted molar refractivity (Wildman–Crippen MR) is 114 cm³/mol. The number of alkyl carbamates (subject to hydrolysis) is 1. The van der Waals surface area contributed by atoms with E-state index in [-0.39, 0.29) is 28.4 Å². The number of carbonyl (C=O) groups is 2. The van der Waals surface area contributed by atoms with E-state index in [9.17, 15) is 18.0 Å². The van der Waals surface area contributed by atoms with Crippen molar-refractivity contribution in [3.05, 3.63) is 47.8 Å². The van der Waals surface area contributed by atoms with Crippen molar-refractivity contribution in [2.75, 3.05) is 18.2 Å². The van der Waals surface area contributed by atoms with E-state index in [0.29, 0.717) is 11.3 Å². The first-order chi connectivity index (χ1) is 14.5. The zero-order chi connectivity index (χ0) is 22.8. The molecule has 2 N–H and O–H groups in total. The number of nitrogens with one attached hydrogen (secondary N) is 2. The molecule has 1 aromatic carbocycles. The highest BCUT2D eigenvalue weighted by Crippen LogP contribution is 2.37. The van der Waals surface area contributed by atoms with Gasteiger partial charge in [-0.25, -0.2) is 13.2 Å². The molecule has 1 unspecified atom stereocenters. The summed E-state index contributed by atoms with van der Waals surface area (Å²) in [6, 6.07) is 5.40. The summed E-state index contributed by atoms with van der Waals surface area (Å²) in [5, 5.41) is 5.41. The number of fused-ring (bicyclic) bond motifs is 1. The van der Waals surface area contributed by atoms with Gasteiger partial charge in [-0.1, -0.05) is 0 Å². The Morgan fingerprint density at radius 2 is 1.84 bits per heavy atom. The van der Waals surface area contributed by atoms with Crippen LogP contribution in [0.4, 0.5) is 10.5 Å². The van der Waals surface area contributed by atoms with Crippen molar-refractivity contribution in [1.29, 1.82) is 0 Å². The lowest BCUT2D eigenvalue weighted by Crippen LogP contribution is -2.38. The molecule has 31 heavy (non-hydrogen) atoms. The van der Waals surface area contributed by atoms with Crippen LogP contribution in [-0.2, 0) is 14.6 Å². The second-order valence-electron chi connectivity index (χ2n) is 8.09. The molecule has 2 heterocycles. The van der Waals surface area contributed by atoms with Gasteiger partial charge in [0.1, 0.15) is 11.4 Å². The third-order valence-corrected chi connectivity index (χ3v) is 6.39. The summed E-state index contributed by atoms with van der Waals surface area (Å²) < 4.78 is 36.1. The molecule has 0 saturated carbocycles. The third kappa shape index (κ3) is 5.32. The topological polar surface area (TPSA) is 124 Å². The highest BCUT2D eigenvalue weighted by molar-refractivity contribution is 7.91. The Kier molecular flexibility index (Phi) is 6.21. The minimum atomic E-state index is -3.64. The number of hydrogen-bond donors (Lipinski definition) is 2. The van der Waals surface area contributed by atoms with Crippen molar-refractivity contribution in [3.63, 3.8) is 0 Å². The molecule has 1 aliphatic heterocycles. The van der Waals surface area contributed by atoms with Crippen LogP contribution in [0.15, 0.2) is 41.6 Å². The molecular weight excluding hydrogens is 422 g/mol. The van der Waals surface area contributed by atoms with Crippen molar-refractivity contribution in [3.8, 4) is 5.75 Å². The van der Waals surface area contributed by atoms with Gasteiger partial charge in [-0.15, -0.1) is 0 Å². The molecule has 2 amide bonds. The fraction of sp³-hybridized carbons (Fsp3) is 0.381. The van der Waals surface area contributed by atoms with E-state index in [1.807, 2.05) is 0 Å². The van der Waals surface area contributed by atoms with Gasteiger partial charge in [-0.05, 0) is 57.0 Å². The zero-order valence-electron chi connectivity index (χ0n) is 17.8. The first kappa shape index (κ1) is 22.5. The number of amides is 2. The molecule has 10 heteroatoms. The number of nitrogens with zero attached hydrogens (tertiary/aromatic N) is 1. The number of benzene rings is 1. The average Bonchev–Trinajstić information content (AvgIpc) is 2.68. The number of sulfone groups is 1. The van der Waals surface area contributed by atoms with Crippen LogP contribution in [0.1, 0.15) is 49.2 Å². The van der Waals surface area contributed by atoms with E-state index >= 15 is 0 Å². The quantitative estimate of drug-likeness (QED) is 0.738. The summed E-state index contributed by atoms with van der Waals surface area (Å²) in [4.78, 5) is 28.9. The second-order valence-corrected chi connectivity index (χ2v) is 10.2. The molecule has 0 aliphatic carbocycles. The van der Waals surface area contributed by atoms with E-state index < -0.39 is 33.5 Å². The lowest BCUT2D eigenvalue weighted by atomic mass is 10.0. The minimum Gasteiger partial charge on any atom is -0.496 e. The Morgan fingerprint density at radius 3 is 2.45 bits per heavy atom. The van der Waals surface area contributed by atoms with Crippen LogP contribution < -0.4 is 15.4 Å². The van der Waals surface area contributed by atoms with Crippen LogP contribution in [0.3, 0.4) is 0 Å². The summed E-state index contributed by atoms with van der Waals surface area (Å²) in [5.41, 5.74) is 0.237. The van der Waals surface area contributed by atoms with Gasteiger partial charge >= 0.3 is 6.09 Å². The van der Waals surface area contributed by atoms with E-state index in [0.717, 1.165) is 0 Å². The summed E-state index contributed by atoms with van der Waals surface area (Å²) in [6.45, 7) is 5.22. The Hall–Kier alpha value is -3.14. The van der Waals surface area contributed by atoms with Crippen LogP contribution in [0.5, 0.6) is 5.75 Å². The monoisotopic (exact) mass is 447 g/mol. The van der Waals surface area contributed by atoms with E-state index in [4.69, 9.17) is 9.47 Å². The number of aromatic nitrogens is 1. The van der Waals surface area contributed by atoms with Crippen LogP contribution in [0.2, 0.25) is 0 Å². The van der Waals surface area contributed by atoms with Gasteiger partial charge < -0.3 is 20.1 Å². The minimum absolute atomic E-state index is 0.0134. The lowest BCUT2D eigenvalue weighted by molar-refractivity contribution is 0.0500. The van der Waals surface area contributed by atoms with Crippen LogP contribution in [-0.4, -0.2) is 43.9 Å². The Balaban J connectivity index is 1.97. The first-order valence-corrected chi connectivity index (χ1v) is 11.3. The van der Waals surface area contributed by atoms with Crippen LogP contribution in [0, 0.1) is 0 Å². The number of ether oxygens (including phenoxy) is 2. The molecule has 0 fully saturated rings. The molecule has 0 spiro atoms. The molecule has 3 rings (SSSR count). The first-order valence-electron chi connectivity index (χ1n) is 9.66. The highest BCUT2D eigenvalue weighted by Gasteiger charge is 2.34. The molecule has 9 nitrogen and oxygen atoms in total. The highest BCUT2D eigenvalue weighted by atomic mass is 32.2. The second kappa shape index (κ2) is 8.54. The number of rotatable bonds is 4. The average molecular weight is 448 g/mol. The maximum Gasteiger partial charge on any atom is 0.408 e. The number of methoxy groups -OCH3 is 1. The van der Waals surface area contributed by atoms with E-state index in [1.54, 1.807) is 32.9 Å². The Bertz CT molecular complexity index is 1090. The molecule has 1 atom stereocenters. The molecule has 166 valence electrons. The molecule has 0 bridgehead atoms. The Morgan fingerprint density at radius 1 is 1.16 bits per heavy atom. The van der Waals surface area contributed by atoms with E-state index in [2.05, 4.69) is 15.6 Å². The largest absolute Gasteiger partial charge is 0.496 e. The van der Waals surface area contributed by atoms with Gasteiger partial charge in [0.15, 0.2) is 9.84 Å². The SMILES string of the molecule is COc1cc2c(cc1C(=O)Nc1ccncc1)S(=O)(=O)CCC2NC(=O)OC(C)(C)C. The number of pyridine rings is 1. The summed E-state index contributed by atoms with van der Waals surface area (Å²) in [6.07, 6.45) is 2.58. The predicted octanol–water partition coefficient (Wildman–Crippen LogP) is 3.09. The zero-order valence-corrected chi connectivity index (χ0v) is 18.6. The van der Waals surface area contributed by atoms with Gasteiger partial charge in [-0.2, -0.15) is 0 Å². The molecule has 1 aliphatic rings. The summed E-state index contributed by atoms with van der Waals surface area (Å²) in [5.74, 6) is -0.500. The normalized spacial score (nSPS) is 17.2. The molecule has 1 aromatic heterocycles. The van der Waals surface area contributed by atoms with Crippen molar-refractivity contribution in [1.82, 2.24) is 10.3 Å². The fourth-order valence-electron chi connectivity index (χ4n) is 3.24. The van der Waals surface area contributed by atoms with E-state index in [1.165, 1.54) is 31.6 Å². The maximum absolute atomic E-state index is 12.8. The number of carbonyl (C=O) groups excluding carboxylic acids is 2. The van der Waals surface area contributed by atoms with Gasteiger partial charge in [0.05, 0.1) is 29.4 Å². The van der Waals surface area contributed by atoms with Crippen molar-refractivity contribution >= 4 is 27.5 Å². The van der Waals surface area contributed by atoms with Gasteiger partial charge in [0.25, 0.3) is 5.91 Å². The summed E-state index contributed by atoms with van der Waals surface area (Å²) >= 11 is 0. The van der Waals surface area contributed by atoms with Crippen LogP contribution in [0.25, 0.3) is 0 Å². The number of hydrogen-bond acceptors (Lipinski definition) is 7. The molecule has 0 saturated heterocycles. The Labute approximate surface area is 181 Å². The van der Waals surface area contributed by atoms with Gasteiger partial charge in [-0.3, -0.25) is 9.78 Å². The third-order valence-electron chi connectivity index (χ3n) is 4.59. The fourth-order valence-corrected chi connectivity index (χ4v) is 4.86. The van der Waals surface area contributed by atoms with Gasteiger partial charge in [0.2, 0.25) is 0 Å². The maximum atomic E-state index is 12.8. The smallest absolute Gasteiger partial charge is 0.408 e. The van der Waals surface area contributed by atoms with Crippen molar-refractivity contribution in [2.24, 2.45) is 0 Å². The van der Waals surface area contributed by atoms with Crippen molar-refractivity contribution < 1.29 is 27.5 Å². The molecular formula is C21H25N3O6S. The molecule has 2 aromatic rings. The summed E-state index contributed by atoms with van der Waals surface area (Å²) in [7, 11) is -2.25. The van der Waals surface area contributed by atoms with Gasteiger partial charge in [0, 0.05) is 18.1 Å². The lowest BCUT2D eigenvalue weighted by Gasteiger charge is -2.29. The molecule has 0 radical (unpaired) electrons. The number of anilines is 1. The standard InChI is InChI=1S/C21H25N3O6S/c1-21(2,3)30-20(26)24-16-7-10-31(27,28)18-12-15(17(29-4)11-14(16)18)19(25)23-13-5-8-22-9-6-13/h5-6,8-9,11-12,16H,7,10H2,1-4H3,(H,24,26)(H,22,23,25). The van der Waals surface area contributed by atoms with Crippen LogP contribution >= 0.6 is 0 Å².